The van der Waals surface area contributed by atoms with Crippen molar-refractivity contribution in [3.63, 3.8) is 0 Å². The van der Waals surface area contributed by atoms with Crippen LogP contribution in [0.5, 0.6) is 11.5 Å². The minimum Gasteiger partial charge on any atom is -0.508 e. The maximum Gasteiger partial charge on any atom is 0.127 e. The first-order chi connectivity index (χ1) is 14.2. The fourth-order valence-electron chi connectivity index (χ4n) is 4.69. The molecule has 1 unspecified atom stereocenters. The molecule has 3 rings (SSSR count). The van der Waals surface area contributed by atoms with Crippen molar-refractivity contribution in [2.75, 3.05) is 0 Å². The summed E-state index contributed by atoms with van der Waals surface area (Å²) in [5, 5.41) is 10.5. The summed E-state index contributed by atoms with van der Waals surface area (Å²) in [5.74, 6) is 1.33. The van der Waals surface area contributed by atoms with Crippen LogP contribution >= 0.6 is 0 Å². The number of aromatic hydroxyl groups is 1. The number of phenols is 1. The first-order valence-electron chi connectivity index (χ1n) is 11.8. The van der Waals surface area contributed by atoms with Gasteiger partial charge in [0.15, 0.2) is 0 Å². The molecular formula is C28H40O2. The summed E-state index contributed by atoms with van der Waals surface area (Å²) in [6, 6.07) is 13.1. The number of phenolic OH excluding ortho intramolecular Hbond substituents is 1. The summed E-state index contributed by atoms with van der Waals surface area (Å²) < 4.78 is 6.52. The van der Waals surface area contributed by atoms with E-state index < -0.39 is 0 Å². The lowest BCUT2D eigenvalue weighted by molar-refractivity contribution is 0.0513. The molecule has 0 radical (unpaired) electrons. The Hall–Kier alpha value is -1.96. The molecule has 0 saturated heterocycles. The molecule has 0 aliphatic carbocycles. The maximum absolute atomic E-state index is 10.5. The van der Waals surface area contributed by atoms with Crippen LogP contribution in [0.2, 0.25) is 0 Å². The Morgan fingerprint density at radius 2 is 1.80 bits per heavy atom. The van der Waals surface area contributed by atoms with Crippen molar-refractivity contribution >= 4 is 0 Å². The van der Waals surface area contributed by atoms with Gasteiger partial charge < -0.3 is 9.84 Å². The molecule has 1 atom stereocenters. The smallest absolute Gasteiger partial charge is 0.127 e. The van der Waals surface area contributed by atoms with Crippen molar-refractivity contribution in [1.29, 1.82) is 0 Å². The van der Waals surface area contributed by atoms with Gasteiger partial charge in [0.05, 0.1) is 0 Å². The largest absolute Gasteiger partial charge is 0.508 e. The van der Waals surface area contributed by atoms with Gasteiger partial charge in [0.25, 0.3) is 0 Å². The van der Waals surface area contributed by atoms with Crippen molar-refractivity contribution in [3.8, 4) is 11.5 Å². The second-order valence-electron chi connectivity index (χ2n) is 10.2. The molecule has 0 fully saturated rings. The van der Waals surface area contributed by atoms with Gasteiger partial charge in [-0.3, -0.25) is 0 Å². The van der Waals surface area contributed by atoms with Crippen LogP contribution in [0.4, 0.5) is 0 Å². The molecule has 1 heterocycles. The Morgan fingerprint density at radius 3 is 2.50 bits per heavy atom. The van der Waals surface area contributed by atoms with Crippen LogP contribution < -0.4 is 4.74 Å². The van der Waals surface area contributed by atoms with Gasteiger partial charge in [-0.25, -0.2) is 0 Å². The van der Waals surface area contributed by atoms with E-state index in [1.165, 1.54) is 36.0 Å². The molecule has 1 N–H and O–H groups in total. The number of ether oxygens (including phenoxy) is 1. The lowest BCUT2D eigenvalue weighted by Gasteiger charge is -2.37. The highest BCUT2D eigenvalue weighted by molar-refractivity contribution is 5.49. The van der Waals surface area contributed by atoms with Crippen molar-refractivity contribution in [2.45, 2.75) is 103 Å². The number of hydrogen-bond acceptors (Lipinski definition) is 2. The summed E-state index contributed by atoms with van der Waals surface area (Å²) in [5.41, 5.74) is 4.94. The molecule has 2 heteroatoms. The number of benzene rings is 2. The minimum atomic E-state index is -0.148. The van der Waals surface area contributed by atoms with Crippen molar-refractivity contribution in [3.05, 3.63) is 58.7 Å². The second kappa shape index (κ2) is 9.45. The van der Waals surface area contributed by atoms with E-state index in [0.717, 1.165) is 49.8 Å². The molecule has 1 aliphatic rings. The number of fused-ring (bicyclic) bond motifs is 1. The lowest BCUT2D eigenvalue weighted by Crippen LogP contribution is -2.36. The number of aryl methyl sites for hydroxylation is 2. The van der Waals surface area contributed by atoms with Crippen LogP contribution in [0.1, 0.15) is 94.9 Å². The summed E-state index contributed by atoms with van der Waals surface area (Å²) in [6.45, 7) is 11.3. The van der Waals surface area contributed by atoms with E-state index in [1.54, 1.807) is 0 Å². The summed E-state index contributed by atoms with van der Waals surface area (Å²) >= 11 is 0. The molecule has 2 aromatic rings. The molecule has 164 valence electrons. The molecule has 1 aliphatic heterocycles. The van der Waals surface area contributed by atoms with E-state index in [9.17, 15) is 5.11 Å². The van der Waals surface area contributed by atoms with Gasteiger partial charge in [-0.05, 0) is 87.5 Å². The van der Waals surface area contributed by atoms with Crippen LogP contribution in [-0.2, 0) is 18.3 Å². The fourth-order valence-corrected chi connectivity index (χ4v) is 4.69. The Kier molecular flexibility index (Phi) is 7.16. The molecule has 2 nitrogen and oxygen atoms in total. The zero-order valence-electron chi connectivity index (χ0n) is 19.7. The summed E-state index contributed by atoms with van der Waals surface area (Å²) in [6.07, 6.45) is 9.81. The Balaban J connectivity index is 1.62. The molecule has 0 bridgehead atoms. The fraction of sp³-hybridized carbons (Fsp3) is 0.571. The van der Waals surface area contributed by atoms with E-state index in [4.69, 9.17) is 4.74 Å². The maximum atomic E-state index is 10.5. The highest BCUT2D eigenvalue weighted by Gasteiger charge is 2.33. The van der Waals surface area contributed by atoms with Gasteiger partial charge >= 0.3 is 0 Å². The van der Waals surface area contributed by atoms with Gasteiger partial charge in [0.2, 0.25) is 0 Å². The van der Waals surface area contributed by atoms with Crippen LogP contribution in [0, 0.1) is 6.92 Å². The molecule has 30 heavy (non-hydrogen) atoms. The van der Waals surface area contributed by atoms with Gasteiger partial charge in [-0.2, -0.15) is 0 Å². The zero-order chi connectivity index (χ0) is 21.8. The third-order valence-corrected chi connectivity index (χ3v) is 6.91. The van der Waals surface area contributed by atoms with E-state index in [0.29, 0.717) is 5.75 Å². The lowest BCUT2D eigenvalue weighted by atomic mass is 9.78. The highest BCUT2D eigenvalue weighted by Crippen LogP contribution is 2.42. The summed E-state index contributed by atoms with van der Waals surface area (Å²) in [7, 11) is 0. The van der Waals surface area contributed by atoms with Crippen LogP contribution in [-0.4, -0.2) is 10.7 Å². The number of hydrogen-bond donors (Lipinski definition) is 1. The Morgan fingerprint density at radius 1 is 1.07 bits per heavy atom. The average molecular weight is 409 g/mol. The summed E-state index contributed by atoms with van der Waals surface area (Å²) in [4.78, 5) is 0. The standard InChI is InChI=1S/C28H40O2/c1-6-7-8-10-22-19-25(29)24-15-18-28(5,30-26(24)20-22)17-9-16-27(3,4)23-13-11-21(2)12-14-23/h11-14,19-20,29H,6-10,15-18H2,1-5H3. The molecule has 0 aromatic heterocycles. The van der Waals surface area contributed by atoms with Gasteiger partial charge in [0.1, 0.15) is 17.1 Å². The van der Waals surface area contributed by atoms with E-state index in [1.807, 2.05) is 6.07 Å². The Bertz CT molecular complexity index is 834. The molecule has 2 aromatic carbocycles. The van der Waals surface area contributed by atoms with E-state index >= 15 is 0 Å². The third kappa shape index (κ3) is 5.59. The second-order valence-corrected chi connectivity index (χ2v) is 10.2. The predicted octanol–water partition coefficient (Wildman–Crippen LogP) is 7.67. The monoisotopic (exact) mass is 408 g/mol. The van der Waals surface area contributed by atoms with Crippen LogP contribution in [0.25, 0.3) is 0 Å². The Labute approximate surface area is 183 Å². The number of rotatable bonds is 9. The first kappa shape index (κ1) is 22.7. The normalized spacial score (nSPS) is 18.7. The quantitative estimate of drug-likeness (QED) is 0.431. The molecule has 0 amide bonds. The van der Waals surface area contributed by atoms with E-state index in [2.05, 4.69) is 65.0 Å². The van der Waals surface area contributed by atoms with Gasteiger partial charge in [-0.1, -0.05) is 63.4 Å². The van der Waals surface area contributed by atoms with E-state index in [-0.39, 0.29) is 11.0 Å². The predicted molar refractivity (Wildman–Crippen MR) is 127 cm³/mol. The topological polar surface area (TPSA) is 29.5 Å². The third-order valence-electron chi connectivity index (χ3n) is 6.91. The average Bonchev–Trinajstić information content (AvgIpc) is 2.68. The first-order valence-corrected chi connectivity index (χ1v) is 11.8. The molecular weight excluding hydrogens is 368 g/mol. The van der Waals surface area contributed by atoms with Gasteiger partial charge in [-0.15, -0.1) is 0 Å². The zero-order valence-corrected chi connectivity index (χ0v) is 19.7. The van der Waals surface area contributed by atoms with Crippen molar-refractivity contribution in [1.82, 2.24) is 0 Å². The SMILES string of the molecule is CCCCCc1cc(O)c2c(c1)OC(C)(CCCC(C)(C)c1ccc(C)cc1)CC2. The van der Waals surface area contributed by atoms with Crippen LogP contribution in [0.15, 0.2) is 36.4 Å². The molecule has 0 saturated carbocycles. The van der Waals surface area contributed by atoms with Crippen molar-refractivity contribution < 1.29 is 9.84 Å². The number of unbranched alkanes of at least 4 members (excludes halogenated alkanes) is 2. The highest BCUT2D eigenvalue weighted by atomic mass is 16.5. The molecule has 0 spiro atoms. The van der Waals surface area contributed by atoms with Crippen LogP contribution in [0.3, 0.4) is 0 Å². The van der Waals surface area contributed by atoms with Gasteiger partial charge in [0, 0.05) is 5.56 Å². The van der Waals surface area contributed by atoms with Crippen molar-refractivity contribution in [2.24, 2.45) is 0 Å². The minimum absolute atomic E-state index is 0.148.